The van der Waals surface area contributed by atoms with Gasteiger partial charge in [-0.05, 0) is 38.1 Å². The van der Waals surface area contributed by atoms with Crippen molar-refractivity contribution >= 4 is 27.2 Å². The number of hydrogen-bond acceptors (Lipinski definition) is 4. The summed E-state index contributed by atoms with van der Waals surface area (Å²) in [5.41, 5.74) is 3.12. The van der Waals surface area contributed by atoms with Gasteiger partial charge in [0.15, 0.2) is 0 Å². The van der Waals surface area contributed by atoms with E-state index in [2.05, 4.69) is 34.3 Å². The minimum Gasteiger partial charge on any atom is -0.375 e. The summed E-state index contributed by atoms with van der Waals surface area (Å²) in [7, 11) is 0. The average molecular weight is 269 g/mol. The molecule has 1 aromatic carbocycles. The molecule has 0 fully saturated rings. The van der Waals surface area contributed by atoms with Crippen molar-refractivity contribution in [1.29, 1.82) is 0 Å². The Bertz CT molecular complexity index is 655. The fourth-order valence-corrected chi connectivity index (χ4v) is 2.91. The summed E-state index contributed by atoms with van der Waals surface area (Å²) in [5, 5.41) is 4.53. The van der Waals surface area contributed by atoms with Crippen LogP contribution in [0.1, 0.15) is 23.7 Å². The molecule has 4 heteroatoms. The van der Waals surface area contributed by atoms with Crippen LogP contribution >= 0.6 is 11.3 Å². The predicted octanol–water partition coefficient (Wildman–Crippen LogP) is 4.17. The van der Waals surface area contributed by atoms with Gasteiger partial charge >= 0.3 is 0 Å². The Morgan fingerprint density at radius 1 is 1.16 bits per heavy atom. The fourth-order valence-electron chi connectivity index (χ4n) is 1.94. The molecule has 2 heterocycles. The van der Waals surface area contributed by atoms with Crippen molar-refractivity contribution in [3.63, 3.8) is 0 Å². The summed E-state index contributed by atoms with van der Waals surface area (Å²) < 4.78 is 1.23. The first-order valence-corrected chi connectivity index (χ1v) is 7.09. The van der Waals surface area contributed by atoms with E-state index in [4.69, 9.17) is 0 Å². The van der Waals surface area contributed by atoms with Crippen molar-refractivity contribution in [3.05, 3.63) is 53.3 Å². The maximum absolute atomic E-state index is 4.66. The Labute approximate surface area is 116 Å². The van der Waals surface area contributed by atoms with Crippen molar-refractivity contribution < 1.29 is 0 Å². The van der Waals surface area contributed by atoms with Crippen LogP contribution < -0.4 is 5.32 Å². The van der Waals surface area contributed by atoms with Crippen LogP contribution in [0.2, 0.25) is 0 Å². The SMILES string of the molecule is Cc1ccc(NC(C)c2nc3ccccc3s2)cn1. The number of hydrogen-bond donors (Lipinski definition) is 1. The summed E-state index contributed by atoms with van der Waals surface area (Å²) >= 11 is 1.73. The number of nitrogens with zero attached hydrogens (tertiary/aromatic N) is 2. The highest BCUT2D eigenvalue weighted by molar-refractivity contribution is 7.18. The van der Waals surface area contributed by atoms with Gasteiger partial charge in [-0.1, -0.05) is 12.1 Å². The van der Waals surface area contributed by atoms with Gasteiger partial charge in [0.1, 0.15) is 5.01 Å². The third-order valence-corrected chi connectivity index (χ3v) is 4.19. The topological polar surface area (TPSA) is 37.8 Å². The molecule has 3 aromatic rings. The van der Waals surface area contributed by atoms with Gasteiger partial charge in [-0.3, -0.25) is 4.98 Å². The maximum atomic E-state index is 4.66. The highest BCUT2D eigenvalue weighted by Gasteiger charge is 2.11. The number of benzene rings is 1. The molecule has 96 valence electrons. The van der Waals surface area contributed by atoms with Gasteiger partial charge in [0.05, 0.1) is 28.1 Å². The van der Waals surface area contributed by atoms with Crippen LogP contribution in [-0.2, 0) is 0 Å². The Kier molecular flexibility index (Phi) is 3.17. The van der Waals surface area contributed by atoms with E-state index in [1.165, 1.54) is 4.70 Å². The van der Waals surface area contributed by atoms with Crippen molar-refractivity contribution in [2.75, 3.05) is 5.32 Å². The van der Waals surface area contributed by atoms with Gasteiger partial charge < -0.3 is 5.32 Å². The number of para-hydroxylation sites is 1. The molecular formula is C15H15N3S. The Hall–Kier alpha value is -1.94. The standard InChI is InChI=1S/C15H15N3S/c1-10-7-8-12(9-16-10)17-11(2)15-18-13-5-3-4-6-14(13)19-15/h3-9,11,17H,1-2H3. The van der Waals surface area contributed by atoms with Gasteiger partial charge in [0.25, 0.3) is 0 Å². The normalized spacial score (nSPS) is 12.5. The number of thiazole rings is 1. The average Bonchev–Trinajstić information content (AvgIpc) is 2.85. The molecule has 0 saturated carbocycles. The van der Waals surface area contributed by atoms with Crippen LogP contribution in [0.15, 0.2) is 42.6 Å². The number of fused-ring (bicyclic) bond motifs is 1. The zero-order valence-electron chi connectivity index (χ0n) is 10.9. The highest BCUT2D eigenvalue weighted by Crippen LogP contribution is 2.27. The van der Waals surface area contributed by atoms with E-state index in [-0.39, 0.29) is 6.04 Å². The van der Waals surface area contributed by atoms with E-state index in [9.17, 15) is 0 Å². The molecule has 0 radical (unpaired) electrons. The second-order valence-electron chi connectivity index (χ2n) is 4.57. The predicted molar refractivity (Wildman–Crippen MR) is 80.6 cm³/mol. The molecular weight excluding hydrogens is 254 g/mol. The van der Waals surface area contributed by atoms with E-state index in [0.29, 0.717) is 0 Å². The first-order valence-electron chi connectivity index (χ1n) is 6.27. The molecule has 3 rings (SSSR count). The number of nitrogens with one attached hydrogen (secondary N) is 1. The molecule has 0 aliphatic heterocycles. The molecule has 0 aliphatic carbocycles. The summed E-state index contributed by atoms with van der Waals surface area (Å²) in [6.07, 6.45) is 1.86. The fraction of sp³-hybridized carbons (Fsp3) is 0.200. The molecule has 0 aliphatic rings. The minimum absolute atomic E-state index is 0.182. The maximum Gasteiger partial charge on any atom is 0.116 e. The quantitative estimate of drug-likeness (QED) is 0.775. The number of aromatic nitrogens is 2. The van der Waals surface area contributed by atoms with Crippen molar-refractivity contribution in [1.82, 2.24) is 9.97 Å². The molecule has 0 bridgehead atoms. The zero-order valence-corrected chi connectivity index (χ0v) is 11.7. The Morgan fingerprint density at radius 3 is 2.74 bits per heavy atom. The van der Waals surface area contributed by atoms with Crippen LogP contribution in [0.5, 0.6) is 0 Å². The van der Waals surface area contributed by atoms with Crippen molar-refractivity contribution in [3.8, 4) is 0 Å². The lowest BCUT2D eigenvalue weighted by Gasteiger charge is -2.12. The van der Waals surface area contributed by atoms with Crippen LogP contribution in [0, 0.1) is 6.92 Å². The van der Waals surface area contributed by atoms with Gasteiger partial charge in [0, 0.05) is 5.69 Å². The molecule has 2 aromatic heterocycles. The largest absolute Gasteiger partial charge is 0.375 e. The molecule has 0 amide bonds. The first-order chi connectivity index (χ1) is 9.22. The minimum atomic E-state index is 0.182. The monoisotopic (exact) mass is 269 g/mol. The molecule has 19 heavy (non-hydrogen) atoms. The van der Waals surface area contributed by atoms with Crippen LogP contribution in [0.3, 0.4) is 0 Å². The number of rotatable bonds is 3. The number of anilines is 1. The van der Waals surface area contributed by atoms with Crippen molar-refractivity contribution in [2.45, 2.75) is 19.9 Å². The van der Waals surface area contributed by atoms with E-state index < -0.39 is 0 Å². The number of aryl methyl sites for hydroxylation is 1. The van der Waals surface area contributed by atoms with E-state index in [0.717, 1.165) is 21.9 Å². The van der Waals surface area contributed by atoms with Gasteiger partial charge in [-0.25, -0.2) is 4.98 Å². The summed E-state index contributed by atoms with van der Waals surface area (Å²) in [6, 6.07) is 12.5. The van der Waals surface area contributed by atoms with Crippen LogP contribution in [-0.4, -0.2) is 9.97 Å². The van der Waals surface area contributed by atoms with E-state index in [1.807, 2.05) is 37.4 Å². The first kappa shape index (κ1) is 12.1. The smallest absolute Gasteiger partial charge is 0.116 e. The van der Waals surface area contributed by atoms with E-state index in [1.54, 1.807) is 11.3 Å². The summed E-state index contributed by atoms with van der Waals surface area (Å²) in [5.74, 6) is 0. The molecule has 0 saturated heterocycles. The lowest BCUT2D eigenvalue weighted by atomic mass is 10.3. The summed E-state index contributed by atoms with van der Waals surface area (Å²) in [6.45, 7) is 4.11. The Morgan fingerprint density at radius 2 is 2.00 bits per heavy atom. The zero-order chi connectivity index (χ0) is 13.2. The molecule has 1 atom stereocenters. The van der Waals surface area contributed by atoms with Gasteiger partial charge in [-0.15, -0.1) is 11.3 Å². The lowest BCUT2D eigenvalue weighted by Crippen LogP contribution is -2.06. The summed E-state index contributed by atoms with van der Waals surface area (Å²) in [4.78, 5) is 8.95. The van der Waals surface area contributed by atoms with Crippen molar-refractivity contribution in [2.24, 2.45) is 0 Å². The van der Waals surface area contributed by atoms with Gasteiger partial charge in [-0.2, -0.15) is 0 Å². The second kappa shape index (κ2) is 4.97. The van der Waals surface area contributed by atoms with Gasteiger partial charge in [0.2, 0.25) is 0 Å². The lowest BCUT2D eigenvalue weighted by molar-refractivity contribution is 0.872. The van der Waals surface area contributed by atoms with Crippen LogP contribution in [0.4, 0.5) is 5.69 Å². The van der Waals surface area contributed by atoms with E-state index >= 15 is 0 Å². The Balaban J connectivity index is 1.83. The van der Waals surface area contributed by atoms with Crippen LogP contribution in [0.25, 0.3) is 10.2 Å². The number of pyridine rings is 1. The molecule has 1 unspecified atom stereocenters. The second-order valence-corrected chi connectivity index (χ2v) is 5.64. The molecule has 1 N–H and O–H groups in total. The molecule has 0 spiro atoms. The third kappa shape index (κ3) is 2.58. The molecule has 3 nitrogen and oxygen atoms in total. The highest BCUT2D eigenvalue weighted by atomic mass is 32.1. The third-order valence-electron chi connectivity index (χ3n) is 2.98.